The third-order valence-corrected chi connectivity index (χ3v) is 5.85. The van der Waals surface area contributed by atoms with Crippen molar-refractivity contribution < 1.29 is 4.79 Å². The van der Waals surface area contributed by atoms with E-state index in [1.54, 1.807) is 4.68 Å². The van der Waals surface area contributed by atoms with Crippen molar-refractivity contribution in [3.8, 4) is 0 Å². The Kier molecular flexibility index (Phi) is 4.76. The lowest BCUT2D eigenvalue weighted by Crippen LogP contribution is -2.33. The third-order valence-electron chi connectivity index (χ3n) is 4.52. The Morgan fingerprint density at radius 1 is 1.22 bits per heavy atom. The van der Waals surface area contributed by atoms with E-state index in [1.165, 1.54) is 5.56 Å². The van der Waals surface area contributed by atoms with Gasteiger partial charge in [-0.05, 0) is 25.8 Å². The molecule has 1 aliphatic heterocycles. The molecule has 1 amide bonds. The van der Waals surface area contributed by atoms with Crippen LogP contribution in [0.3, 0.4) is 0 Å². The molecule has 0 N–H and O–H groups in total. The number of carbonyl (C=O) groups is 1. The molecule has 0 aliphatic carbocycles. The predicted octanol–water partition coefficient (Wildman–Crippen LogP) is 3.36. The molecule has 0 saturated carbocycles. The van der Waals surface area contributed by atoms with Gasteiger partial charge < -0.3 is 4.90 Å². The van der Waals surface area contributed by atoms with E-state index in [-0.39, 0.29) is 5.91 Å². The van der Waals surface area contributed by atoms with E-state index in [4.69, 9.17) is 0 Å². The molecule has 1 atom stereocenters. The summed E-state index contributed by atoms with van der Waals surface area (Å²) in [6.07, 6.45) is 0.999. The van der Waals surface area contributed by atoms with Crippen molar-refractivity contribution in [3.05, 3.63) is 52.8 Å². The van der Waals surface area contributed by atoms with Gasteiger partial charge >= 0.3 is 0 Å². The lowest BCUT2D eigenvalue weighted by molar-refractivity contribution is 0.0765. The molecule has 1 unspecified atom stereocenters. The number of hydrogen-bond acceptors (Lipinski definition) is 3. The number of aryl methyl sites for hydroxylation is 2. The van der Waals surface area contributed by atoms with Crippen LogP contribution in [0.4, 0.5) is 0 Å². The quantitative estimate of drug-likeness (QED) is 0.848. The van der Waals surface area contributed by atoms with Crippen molar-refractivity contribution in [1.82, 2.24) is 14.7 Å². The molecule has 1 fully saturated rings. The fourth-order valence-electron chi connectivity index (χ4n) is 3.15. The largest absolute Gasteiger partial charge is 0.338 e. The maximum atomic E-state index is 12.9. The molecule has 3 rings (SSSR count). The Hall–Kier alpha value is -1.75. The highest BCUT2D eigenvalue weighted by atomic mass is 32.2. The molecule has 23 heavy (non-hydrogen) atoms. The highest BCUT2D eigenvalue weighted by molar-refractivity contribution is 7.99. The van der Waals surface area contributed by atoms with Gasteiger partial charge in [-0.15, -0.1) is 0 Å². The third kappa shape index (κ3) is 3.29. The van der Waals surface area contributed by atoms with E-state index in [2.05, 4.69) is 35.4 Å². The average Bonchev–Trinajstić information content (AvgIpc) is 2.75. The average molecular weight is 329 g/mol. The van der Waals surface area contributed by atoms with Gasteiger partial charge in [0.2, 0.25) is 0 Å². The van der Waals surface area contributed by atoms with Gasteiger partial charge in [0.1, 0.15) is 0 Å². The molecule has 0 spiro atoms. The molecular weight excluding hydrogens is 306 g/mol. The number of hydrogen-bond donors (Lipinski definition) is 0. The number of amides is 1. The fourth-order valence-corrected chi connectivity index (χ4v) is 4.38. The number of carbonyl (C=O) groups excluding carboxylic acids is 1. The molecule has 1 aromatic heterocycles. The zero-order valence-electron chi connectivity index (χ0n) is 14.0. The first kappa shape index (κ1) is 16.1. The van der Waals surface area contributed by atoms with Crippen molar-refractivity contribution in [2.45, 2.75) is 25.5 Å². The number of aromatic nitrogens is 2. The fraction of sp³-hybridized carbons (Fsp3) is 0.444. The summed E-state index contributed by atoms with van der Waals surface area (Å²) in [5, 5.41) is 4.85. The standard InChI is InChI=1S/C18H23N3OS/c1-13-17(14(2)20(3)19-13)18(22)21-10-9-16(23-12-11-21)15-7-5-4-6-8-15/h4-8,16H,9-12H2,1-3H3. The van der Waals surface area contributed by atoms with Gasteiger partial charge in [0.05, 0.1) is 11.3 Å². The summed E-state index contributed by atoms with van der Waals surface area (Å²) < 4.78 is 1.79. The molecular formula is C18H23N3OS. The highest BCUT2D eigenvalue weighted by Gasteiger charge is 2.26. The molecule has 2 aromatic rings. The smallest absolute Gasteiger partial charge is 0.257 e. The van der Waals surface area contributed by atoms with E-state index in [0.29, 0.717) is 5.25 Å². The minimum absolute atomic E-state index is 0.127. The van der Waals surface area contributed by atoms with Crippen LogP contribution in [0.15, 0.2) is 30.3 Å². The Morgan fingerprint density at radius 2 is 1.96 bits per heavy atom. The molecule has 1 saturated heterocycles. The summed E-state index contributed by atoms with van der Waals surface area (Å²) in [4.78, 5) is 14.9. The zero-order valence-corrected chi connectivity index (χ0v) is 14.8. The second-order valence-electron chi connectivity index (χ2n) is 6.02. The monoisotopic (exact) mass is 329 g/mol. The van der Waals surface area contributed by atoms with E-state index in [9.17, 15) is 4.79 Å². The van der Waals surface area contributed by atoms with Gasteiger partial charge in [-0.25, -0.2) is 0 Å². The lowest BCUT2D eigenvalue weighted by Gasteiger charge is -2.20. The molecule has 1 aromatic carbocycles. The summed E-state index contributed by atoms with van der Waals surface area (Å²) in [5.74, 6) is 1.10. The van der Waals surface area contributed by atoms with Crippen molar-refractivity contribution >= 4 is 17.7 Å². The second kappa shape index (κ2) is 6.79. The van der Waals surface area contributed by atoms with Crippen molar-refractivity contribution in [1.29, 1.82) is 0 Å². The molecule has 0 radical (unpaired) electrons. The van der Waals surface area contributed by atoms with Crippen LogP contribution in [-0.4, -0.2) is 39.4 Å². The molecule has 0 bridgehead atoms. The first-order chi connectivity index (χ1) is 11.1. The molecule has 4 nitrogen and oxygen atoms in total. The maximum Gasteiger partial charge on any atom is 0.257 e. The summed E-state index contributed by atoms with van der Waals surface area (Å²) >= 11 is 1.95. The Morgan fingerprint density at radius 3 is 2.61 bits per heavy atom. The second-order valence-corrected chi connectivity index (χ2v) is 7.33. The minimum atomic E-state index is 0.127. The van der Waals surface area contributed by atoms with Crippen molar-refractivity contribution in [2.75, 3.05) is 18.8 Å². The summed E-state index contributed by atoms with van der Waals surface area (Å²) in [6.45, 7) is 5.49. The first-order valence-corrected chi connectivity index (χ1v) is 9.09. The van der Waals surface area contributed by atoms with E-state index < -0.39 is 0 Å². The Bertz CT molecular complexity index is 696. The number of benzene rings is 1. The van der Waals surface area contributed by atoms with Gasteiger partial charge in [-0.2, -0.15) is 16.9 Å². The highest BCUT2D eigenvalue weighted by Crippen LogP contribution is 2.34. The lowest BCUT2D eigenvalue weighted by atomic mass is 10.1. The van der Waals surface area contributed by atoms with Crippen LogP contribution in [0.1, 0.15) is 39.0 Å². The van der Waals surface area contributed by atoms with Crippen LogP contribution >= 0.6 is 11.8 Å². The van der Waals surface area contributed by atoms with Crippen LogP contribution in [0, 0.1) is 13.8 Å². The molecule has 5 heteroatoms. The normalized spacial score (nSPS) is 18.7. The maximum absolute atomic E-state index is 12.9. The Labute approximate surface area is 141 Å². The Balaban J connectivity index is 1.74. The first-order valence-electron chi connectivity index (χ1n) is 8.04. The van der Waals surface area contributed by atoms with Crippen LogP contribution < -0.4 is 0 Å². The van der Waals surface area contributed by atoms with Gasteiger partial charge in [0.25, 0.3) is 5.91 Å². The predicted molar refractivity (Wildman–Crippen MR) is 94.8 cm³/mol. The van der Waals surface area contributed by atoms with Gasteiger partial charge in [0, 0.05) is 36.8 Å². The van der Waals surface area contributed by atoms with Gasteiger partial charge in [-0.3, -0.25) is 9.48 Å². The SMILES string of the molecule is Cc1nn(C)c(C)c1C(=O)N1CCSC(c2ccccc2)CC1. The summed E-state index contributed by atoms with van der Waals surface area (Å²) in [5.41, 5.74) is 3.91. The summed E-state index contributed by atoms with van der Waals surface area (Å²) in [7, 11) is 1.89. The van der Waals surface area contributed by atoms with Crippen molar-refractivity contribution in [2.24, 2.45) is 7.05 Å². The van der Waals surface area contributed by atoms with Crippen LogP contribution in [0.2, 0.25) is 0 Å². The van der Waals surface area contributed by atoms with Gasteiger partial charge in [0.15, 0.2) is 0 Å². The van der Waals surface area contributed by atoms with E-state index >= 15 is 0 Å². The number of rotatable bonds is 2. The van der Waals surface area contributed by atoms with Crippen LogP contribution in [-0.2, 0) is 7.05 Å². The molecule has 1 aliphatic rings. The molecule has 122 valence electrons. The topological polar surface area (TPSA) is 38.1 Å². The number of nitrogens with zero attached hydrogens (tertiary/aromatic N) is 3. The van der Waals surface area contributed by atoms with Crippen LogP contribution in [0.5, 0.6) is 0 Å². The van der Waals surface area contributed by atoms with Gasteiger partial charge in [-0.1, -0.05) is 30.3 Å². The van der Waals surface area contributed by atoms with E-state index in [1.807, 2.05) is 37.6 Å². The van der Waals surface area contributed by atoms with Crippen molar-refractivity contribution in [3.63, 3.8) is 0 Å². The number of thioether (sulfide) groups is 1. The van der Waals surface area contributed by atoms with E-state index in [0.717, 1.165) is 42.2 Å². The molecule has 2 heterocycles. The van der Waals surface area contributed by atoms with Crippen LogP contribution in [0.25, 0.3) is 0 Å². The summed E-state index contributed by atoms with van der Waals surface area (Å²) in [6, 6.07) is 10.6. The zero-order chi connectivity index (χ0) is 16.4. The minimum Gasteiger partial charge on any atom is -0.338 e.